The molecule has 1 heterocycles. The van der Waals surface area contributed by atoms with Gasteiger partial charge in [0.2, 0.25) is 0 Å². The number of fused-ring (bicyclic) bond motifs is 1. The van der Waals surface area contributed by atoms with Crippen molar-refractivity contribution in [1.82, 2.24) is 5.43 Å². The lowest BCUT2D eigenvalue weighted by atomic mass is 10.2. The van der Waals surface area contributed by atoms with Crippen molar-refractivity contribution in [2.75, 3.05) is 5.73 Å². The number of para-hydroxylation sites is 1. The van der Waals surface area contributed by atoms with Crippen molar-refractivity contribution in [3.05, 3.63) is 106 Å². The Bertz CT molecular complexity index is 1310. The summed E-state index contributed by atoms with van der Waals surface area (Å²) in [6.07, 6.45) is 2.93. The van der Waals surface area contributed by atoms with Gasteiger partial charge in [0.1, 0.15) is 24.2 Å². The smallest absolute Gasteiger partial charge is 0.271 e. The summed E-state index contributed by atoms with van der Waals surface area (Å²) in [5, 5.41) is 4.49. The molecule has 0 aliphatic rings. The normalized spacial score (nSPS) is 11.0. The number of hydrogen-bond acceptors (Lipinski definition) is 6. The Balaban J connectivity index is 1.40. The molecule has 0 spiro atoms. The first kappa shape index (κ1) is 19.9. The second kappa shape index (κ2) is 8.96. The fourth-order valence-corrected chi connectivity index (χ4v) is 2.93. The average molecular weight is 413 g/mol. The first-order valence-electron chi connectivity index (χ1n) is 9.51. The highest BCUT2D eigenvalue weighted by Crippen LogP contribution is 2.15. The van der Waals surface area contributed by atoms with Crippen LogP contribution in [0.3, 0.4) is 0 Å². The molecule has 0 saturated heterocycles. The summed E-state index contributed by atoms with van der Waals surface area (Å²) in [6.45, 7) is 0.0711. The van der Waals surface area contributed by atoms with Gasteiger partial charge in [0.05, 0.1) is 17.2 Å². The van der Waals surface area contributed by atoms with Crippen LogP contribution in [0.15, 0.2) is 93.4 Å². The van der Waals surface area contributed by atoms with Gasteiger partial charge in [0.25, 0.3) is 5.91 Å². The summed E-state index contributed by atoms with van der Waals surface area (Å²) in [7, 11) is 0. The lowest BCUT2D eigenvalue weighted by Gasteiger charge is -2.07. The Morgan fingerprint density at radius 3 is 2.71 bits per heavy atom. The average Bonchev–Trinajstić information content (AvgIpc) is 2.79. The SMILES string of the molecule is Nc1ccc(C(=O)N/N=C/c2cccc(OCc3coc4ccccc4c3=O)c2)cc1. The molecule has 0 aliphatic heterocycles. The molecule has 1 amide bonds. The van der Waals surface area contributed by atoms with Crippen LogP contribution in [0, 0.1) is 0 Å². The Morgan fingerprint density at radius 1 is 1.06 bits per heavy atom. The van der Waals surface area contributed by atoms with Gasteiger partial charge in [-0.3, -0.25) is 9.59 Å². The number of nitrogens with one attached hydrogen (secondary N) is 1. The van der Waals surface area contributed by atoms with Crippen LogP contribution in [0.1, 0.15) is 21.5 Å². The van der Waals surface area contributed by atoms with E-state index >= 15 is 0 Å². The van der Waals surface area contributed by atoms with Crippen LogP contribution < -0.4 is 21.3 Å². The molecule has 7 nitrogen and oxygen atoms in total. The number of anilines is 1. The van der Waals surface area contributed by atoms with E-state index in [4.69, 9.17) is 14.9 Å². The Labute approximate surface area is 177 Å². The van der Waals surface area contributed by atoms with E-state index in [0.29, 0.717) is 33.5 Å². The van der Waals surface area contributed by atoms with Crippen LogP contribution >= 0.6 is 0 Å². The minimum Gasteiger partial charge on any atom is -0.489 e. The first-order valence-corrected chi connectivity index (χ1v) is 9.51. The molecule has 0 bridgehead atoms. The first-order chi connectivity index (χ1) is 15.1. The van der Waals surface area contributed by atoms with Gasteiger partial charge in [0.15, 0.2) is 5.43 Å². The standard InChI is InChI=1S/C24H19N3O4/c25-19-10-8-17(9-11-19)24(29)27-26-13-16-4-3-5-20(12-16)30-14-18-15-31-22-7-2-1-6-21(22)23(18)28/h1-13,15H,14,25H2,(H,27,29)/b26-13+. The van der Waals surface area contributed by atoms with E-state index in [1.165, 1.54) is 12.5 Å². The third kappa shape index (κ3) is 4.79. The van der Waals surface area contributed by atoms with E-state index in [-0.39, 0.29) is 17.9 Å². The highest BCUT2D eigenvalue weighted by Gasteiger charge is 2.07. The number of carbonyl (C=O) groups is 1. The number of amides is 1. The largest absolute Gasteiger partial charge is 0.489 e. The zero-order valence-corrected chi connectivity index (χ0v) is 16.4. The van der Waals surface area contributed by atoms with Crippen LogP contribution in [0.4, 0.5) is 5.69 Å². The van der Waals surface area contributed by atoms with Gasteiger partial charge in [-0.2, -0.15) is 5.10 Å². The van der Waals surface area contributed by atoms with Gasteiger partial charge in [-0.25, -0.2) is 5.43 Å². The Morgan fingerprint density at radius 2 is 1.87 bits per heavy atom. The molecule has 0 radical (unpaired) electrons. The summed E-state index contributed by atoms with van der Waals surface area (Å²) in [4.78, 5) is 24.6. The van der Waals surface area contributed by atoms with Crippen molar-refractivity contribution >= 4 is 28.8 Å². The van der Waals surface area contributed by atoms with E-state index in [2.05, 4.69) is 10.5 Å². The van der Waals surface area contributed by atoms with E-state index < -0.39 is 0 Å². The maximum atomic E-state index is 12.5. The minimum atomic E-state index is -0.341. The number of rotatable bonds is 6. The second-order valence-corrected chi connectivity index (χ2v) is 6.77. The number of hydrogen-bond donors (Lipinski definition) is 2. The number of benzene rings is 3. The number of nitrogens with two attached hydrogens (primary N) is 1. The predicted molar refractivity (Wildman–Crippen MR) is 119 cm³/mol. The lowest BCUT2D eigenvalue weighted by molar-refractivity contribution is 0.0955. The van der Waals surface area contributed by atoms with Gasteiger partial charge in [-0.1, -0.05) is 24.3 Å². The molecule has 3 aromatic carbocycles. The van der Waals surface area contributed by atoms with E-state index in [1.54, 1.807) is 60.7 Å². The van der Waals surface area contributed by atoms with E-state index in [9.17, 15) is 9.59 Å². The molecule has 0 atom stereocenters. The summed E-state index contributed by atoms with van der Waals surface area (Å²) >= 11 is 0. The molecule has 154 valence electrons. The fourth-order valence-electron chi connectivity index (χ4n) is 2.93. The van der Waals surface area contributed by atoms with Crippen LogP contribution in [-0.2, 0) is 6.61 Å². The lowest BCUT2D eigenvalue weighted by Crippen LogP contribution is -2.17. The Kier molecular flexibility index (Phi) is 5.75. The monoisotopic (exact) mass is 413 g/mol. The van der Waals surface area contributed by atoms with Crippen molar-refractivity contribution < 1.29 is 13.9 Å². The van der Waals surface area contributed by atoms with Crippen LogP contribution in [0.5, 0.6) is 5.75 Å². The van der Waals surface area contributed by atoms with Gasteiger partial charge >= 0.3 is 0 Å². The second-order valence-electron chi connectivity index (χ2n) is 6.77. The predicted octanol–water partition coefficient (Wildman–Crippen LogP) is 3.72. The third-order valence-electron chi connectivity index (χ3n) is 4.56. The van der Waals surface area contributed by atoms with Crippen molar-refractivity contribution in [3.8, 4) is 5.75 Å². The van der Waals surface area contributed by atoms with Crippen LogP contribution in [0.2, 0.25) is 0 Å². The number of nitrogen functional groups attached to an aromatic ring is 1. The fraction of sp³-hybridized carbons (Fsp3) is 0.0417. The number of hydrazone groups is 1. The number of nitrogens with zero attached hydrogens (tertiary/aromatic N) is 1. The summed E-state index contributed by atoms with van der Waals surface area (Å²) < 4.78 is 11.3. The minimum absolute atomic E-state index is 0.0711. The summed E-state index contributed by atoms with van der Waals surface area (Å²) in [6, 6.07) is 20.7. The molecule has 0 unspecified atom stereocenters. The zero-order valence-electron chi connectivity index (χ0n) is 16.4. The summed E-state index contributed by atoms with van der Waals surface area (Å²) in [5.41, 5.74) is 10.7. The highest BCUT2D eigenvalue weighted by atomic mass is 16.5. The molecule has 0 aliphatic carbocycles. The maximum absolute atomic E-state index is 12.5. The molecule has 0 fully saturated rings. The van der Waals surface area contributed by atoms with Crippen molar-refractivity contribution in [2.24, 2.45) is 5.10 Å². The third-order valence-corrected chi connectivity index (χ3v) is 4.56. The molecule has 4 aromatic rings. The molecule has 3 N–H and O–H groups in total. The number of ether oxygens (including phenoxy) is 1. The maximum Gasteiger partial charge on any atom is 0.271 e. The van der Waals surface area contributed by atoms with Gasteiger partial charge in [-0.05, 0) is 54.1 Å². The topological polar surface area (TPSA) is 107 Å². The summed E-state index contributed by atoms with van der Waals surface area (Å²) in [5.74, 6) is 0.216. The molecule has 7 heteroatoms. The van der Waals surface area contributed by atoms with Gasteiger partial charge in [0, 0.05) is 11.3 Å². The van der Waals surface area contributed by atoms with E-state index in [0.717, 1.165) is 5.56 Å². The molecule has 1 aromatic heterocycles. The van der Waals surface area contributed by atoms with Gasteiger partial charge in [-0.15, -0.1) is 0 Å². The van der Waals surface area contributed by atoms with Gasteiger partial charge < -0.3 is 14.9 Å². The molecular formula is C24H19N3O4. The van der Waals surface area contributed by atoms with Crippen LogP contribution in [0.25, 0.3) is 11.0 Å². The van der Waals surface area contributed by atoms with Crippen molar-refractivity contribution in [3.63, 3.8) is 0 Å². The molecule has 4 rings (SSSR count). The molecule has 31 heavy (non-hydrogen) atoms. The van der Waals surface area contributed by atoms with Crippen molar-refractivity contribution in [2.45, 2.75) is 6.61 Å². The Hall–Kier alpha value is -4.39. The zero-order chi connectivity index (χ0) is 21.6. The van der Waals surface area contributed by atoms with Crippen molar-refractivity contribution in [1.29, 1.82) is 0 Å². The van der Waals surface area contributed by atoms with E-state index in [1.807, 2.05) is 12.1 Å². The highest BCUT2D eigenvalue weighted by molar-refractivity contribution is 5.95. The number of carbonyl (C=O) groups excluding carboxylic acids is 1. The molecule has 0 saturated carbocycles. The van der Waals surface area contributed by atoms with Crippen LogP contribution in [-0.4, -0.2) is 12.1 Å². The molecular weight excluding hydrogens is 394 g/mol. The quantitative estimate of drug-likeness (QED) is 0.285.